The van der Waals surface area contributed by atoms with Crippen LogP contribution >= 0.6 is 15.4 Å². The van der Waals surface area contributed by atoms with Crippen LogP contribution in [0.4, 0.5) is 0 Å². The fraction of sp³-hybridized carbons (Fsp3) is 1.00. The average molecular weight is 285 g/mol. The molecular formula is C11H27O4P2+. The molecule has 0 saturated carbocycles. The number of unbranched alkanes of at least 4 members (excludes halogenated alkanes) is 1. The lowest BCUT2D eigenvalue weighted by molar-refractivity contribution is 0.393. The summed E-state index contributed by atoms with van der Waals surface area (Å²) in [5.41, 5.74) is 0. The van der Waals surface area contributed by atoms with Gasteiger partial charge in [0.15, 0.2) is 6.16 Å². The Balaban J connectivity index is 0. The van der Waals surface area contributed by atoms with Crippen LogP contribution in [-0.2, 0) is 18.2 Å². The van der Waals surface area contributed by atoms with Crippen molar-refractivity contribution in [2.24, 2.45) is 0 Å². The van der Waals surface area contributed by atoms with Crippen molar-refractivity contribution in [3.63, 3.8) is 0 Å². The zero-order valence-corrected chi connectivity index (χ0v) is 13.6. The van der Waals surface area contributed by atoms with Crippen LogP contribution in [0.3, 0.4) is 0 Å². The SMILES string of the molecule is CCCCP(=O)(CC)OC.CCC[P+](=O)OC. The van der Waals surface area contributed by atoms with Gasteiger partial charge in [0, 0.05) is 19.4 Å². The van der Waals surface area contributed by atoms with Crippen molar-refractivity contribution in [1.82, 2.24) is 0 Å². The third-order valence-electron chi connectivity index (χ3n) is 2.28. The van der Waals surface area contributed by atoms with E-state index in [-0.39, 0.29) is 0 Å². The van der Waals surface area contributed by atoms with E-state index in [2.05, 4.69) is 11.4 Å². The molecule has 0 aromatic carbocycles. The second-order valence-electron chi connectivity index (χ2n) is 3.63. The lowest BCUT2D eigenvalue weighted by Crippen LogP contribution is -1.94. The number of hydrogen-bond acceptors (Lipinski definition) is 4. The van der Waals surface area contributed by atoms with Crippen molar-refractivity contribution in [2.45, 2.75) is 40.0 Å². The van der Waals surface area contributed by atoms with Crippen molar-refractivity contribution in [3.8, 4) is 0 Å². The molecule has 4 nitrogen and oxygen atoms in total. The molecule has 17 heavy (non-hydrogen) atoms. The van der Waals surface area contributed by atoms with E-state index in [4.69, 9.17) is 4.52 Å². The van der Waals surface area contributed by atoms with Crippen LogP contribution in [0.5, 0.6) is 0 Å². The Labute approximate surface area is 107 Å². The fourth-order valence-electron chi connectivity index (χ4n) is 1.05. The van der Waals surface area contributed by atoms with E-state index >= 15 is 0 Å². The van der Waals surface area contributed by atoms with Gasteiger partial charge in [0.25, 0.3) is 0 Å². The second kappa shape index (κ2) is 12.7. The number of hydrogen-bond donors (Lipinski definition) is 0. The molecule has 0 radical (unpaired) electrons. The highest BCUT2D eigenvalue weighted by molar-refractivity contribution is 7.58. The van der Waals surface area contributed by atoms with Gasteiger partial charge in [-0.25, -0.2) is 0 Å². The van der Waals surface area contributed by atoms with Gasteiger partial charge in [0.1, 0.15) is 0 Å². The van der Waals surface area contributed by atoms with E-state index in [0.29, 0.717) is 12.3 Å². The Morgan fingerprint density at radius 2 is 1.71 bits per heavy atom. The predicted molar refractivity (Wildman–Crippen MR) is 74.7 cm³/mol. The van der Waals surface area contributed by atoms with Crippen LogP contribution in [0.15, 0.2) is 0 Å². The smallest absolute Gasteiger partial charge is 0.332 e. The summed E-state index contributed by atoms with van der Waals surface area (Å²) in [5.74, 6) is 0. The summed E-state index contributed by atoms with van der Waals surface area (Å²) in [6.07, 6.45) is 5.14. The van der Waals surface area contributed by atoms with Crippen molar-refractivity contribution < 1.29 is 18.2 Å². The Morgan fingerprint density at radius 1 is 1.12 bits per heavy atom. The highest BCUT2D eigenvalue weighted by atomic mass is 31.2. The van der Waals surface area contributed by atoms with Gasteiger partial charge in [-0.05, 0) is 17.4 Å². The Bertz CT molecular complexity index is 224. The molecule has 0 rings (SSSR count). The maximum atomic E-state index is 11.5. The van der Waals surface area contributed by atoms with Gasteiger partial charge in [0.05, 0.1) is 7.11 Å². The molecule has 0 heterocycles. The van der Waals surface area contributed by atoms with Gasteiger partial charge in [-0.3, -0.25) is 4.57 Å². The molecule has 6 heteroatoms. The first kappa shape index (κ1) is 19.6. The highest BCUT2D eigenvalue weighted by Gasteiger charge is 2.16. The number of rotatable bonds is 8. The molecule has 0 saturated heterocycles. The van der Waals surface area contributed by atoms with Gasteiger partial charge in [-0.2, -0.15) is 0 Å². The minimum atomic E-state index is -2.20. The van der Waals surface area contributed by atoms with E-state index in [9.17, 15) is 9.13 Å². The van der Waals surface area contributed by atoms with E-state index in [1.807, 2.05) is 13.8 Å². The maximum Gasteiger partial charge on any atom is 0.507 e. The van der Waals surface area contributed by atoms with Crippen LogP contribution in [0.2, 0.25) is 0 Å². The first-order valence-corrected chi connectivity index (χ1v) is 9.47. The molecule has 0 aromatic heterocycles. The third kappa shape index (κ3) is 12.5. The van der Waals surface area contributed by atoms with Crippen molar-refractivity contribution in [1.29, 1.82) is 0 Å². The Hall–Kier alpha value is 0.250. The molecule has 2 unspecified atom stereocenters. The average Bonchev–Trinajstić information content (AvgIpc) is 2.37. The molecule has 0 aliphatic rings. The summed E-state index contributed by atoms with van der Waals surface area (Å²) in [7, 11) is -0.518. The predicted octanol–water partition coefficient (Wildman–Crippen LogP) is 4.52. The zero-order chi connectivity index (χ0) is 13.7. The second-order valence-corrected chi connectivity index (χ2v) is 8.18. The van der Waals surface area contributed by atoms with Crippen molar-refractivity contribution >= 4 is 15.4 Å². The van der Waals surface area contributed by atoms with Crippen LogP contribution in [0.25, 0.3) is 0 Å². The minimum absolute atomic E-state index is 0.670. The maximum absolute atomic E-state index is 11.5. The summed E-state index contributed by atoms with van der Waals surface area (Å²) >= 11 is 0. The standard InChI is InChI=1S/C7H17O2P.C4H10O2P/c1-4-6-7-10(8,5-2)9-3;1-3-4-7(5)6-2/h4-7H2,1-3H3;3-4H2,1-2H3/q;+1. The Morgan fingerprint density at radius 3 is 1.94 bits per heavy atom. The molecule has 0 N–H and O–H groups in total. The monoisotopic (exact) mass is 285 g/mol. The molecule has 0 amide bonds. The molecule has 0 aliphatic carbocycles. The van der Waals surface area contributed by atoms with Crippen LogP contribution < -0.4 is 0 Å². The molecule has 0 fully saturated rings. The van der Waals surface area contributed by atoms with E-state index in [0.717, 1.165) is 25.4 Å². The summed E-state index contributed by atoms with van der Waals surface area (Å²) in [6, 6.07) is 0. The molecule has 0 aliphatic heterocycles. The van der Waals surface area contributed by atoms with Crippen LogP contribution in [0, 0.1) is 0 Å². The van der Waals surface area contributed by atoms with Crippen molar-refractivity contribution in [2.75, 3.05) is 32.7 Å². The molecule has 2 atom stereocenters. The van der Waals surface area contributed by atoms with Crippen LogP contribution in [0.1, 0.15) is 40.0 Å². The minimum Gasteiger partial charge on any atom is -0.332 e. The summed E-state index contributed by atoms with van der Waals surface area (Å²) < 4.78 is 31.3. The van der Waals surface area contributed by atoms with E-state index < -0.39 is 15.4 Å². The van der Waals surface area contributed by atoms with E-state index in [1.165, 1.54) is 7.11 Å². The summed E-state index contributed by atoms with van der Waals surface area (Å²) in [4.78, 5) is 0. The van der Waals surface area contributed by atoms with E-state index in [1.54, 1.807) is 7.11 Å². The molecule has 0 aromatic rings. The van der Waals surface area contributed by atoms with Gasteiger partial charge in [0.2, 0.25) is 7.37 Å². The normalized spacial score (nSPS) is 14.5. The molecule has 0 spiro atoms. The van der Waals surface area contributed by atoms with Crippen molar-refractivity contribution in [3.05, 3.63) is 0 Å². The first-order valence-electron chi connectivity index (χ1n) is 6.12. The quantitative estimate of drug-likeness (QED) is 0.615. The lowest BCUT2D eigenvalue weighted by Gasteiger charge is -2.12. The summed E-state index contributed by atoms with van der Waals surface area (Å²) in [5, 5.41) is 0. The van der Waals surface area contributed by atoms with Gasteiger partial charge in [-0.1, -0.05) is 27.2 Å². The third-order valence-corrected chi connectivity index (χ3v) is 6.12. The Kier molecular flexibility index (Phi) is 14.6. The summed E-state index contributed by atoms with van der Waals surface area (Å²) in [6.45, 7) is 5.99. The molecular weight excluding hydrogens is 258 g/mol. The zero-order valence-electron chi connectivity index (χ0n) is 11.8. The van der Waals surface area contributed by atoms with Crippen LogP contribution in [-0.4, -0.2) is 32.7 Å². The van der Waals surface area contributed by atoms with Gasteiger partial charge < -0.3 is 4.52 Å². The first-order chi connectivity index (χ1) is 7.99. The topological polar surface area (TPSA) is 52.6 Å². The fourth-order valence-corrected chi connectivity index (χ4v) is 3.15. The largest absolute Gasteiger partial charge is 0.507 e. The van der Waals surface area contributed by atoms with Gasteiger partial charge >= 0.3 is 8.03 Å². The molecule has 104 valence electrons. The highest BCUT2D eigenvalue weighted by Crippen LogP contribution is 2.45. The molecule has 0 bridgehead atoms. The van der Waals surface area contributed by atoms with Gasteiger partial charge in [-0.15, -0.1) is 4.52 Å². The lowest BCUT2D eigenvalue weighted by atomic mass is 10.4.